The first kappa shape index (κ1) is 62.0. The second-order valence-corrected chi connectivity index (χ2v) is 42.7. The Morgan fingerprint density at radius 1 is 0.349 bits per heavy atom. The second kappa shape index (κ2) is 28.7. The monoisotopic (exact) mass is 1700 g/mol. The maximum absolute atomic E-state index is 9.16. The van der Waals surface area contributed by atoms with Gasteiger partial charge in [-0.2, -0.15) is 9.97 Å². The van der Waals surface area contributed by atoms with E-state index in [-0.39, 0.29) is 27.8 Å². The average Bonchev–Trinajstić information content (AvgIpc) is 1.53. The minimum Gasteiger partial charge on any atom is -0.422 e. The van der Waals surface area contributed by atoms with Crippen LogP contribution in [0.5, 0.6) is 0 Å². The third-order valence-corrected chi connectivity index (χ3v) is 36.0. The number of hydrogen-bond acceptors (Lipinski definition) is 8. The van der Waals surface area contributed by atoms with Gasteiger partial charge in [0.15, 0.2) is 11.2 Å². The third-order valence-electron chi connectivity index (χ3n) is 28.3. The van der Waals surface area contributed by atoms with Crippen LogP contribution in [0.2, 0.25) is 13.1 Å². The van der Waals surface area contributed by atoms with E-state index in [9.17, 15) is 0 Å². The Labute approximate surface area is 767 Å². The number of nitrogens with zero attached hydrogens (tertiary/aromatic N) is 6. The van der Waals surface area contributed by atoms with Crippen LogP contribution in [0.1, 0.15) is 127 Å². The summed E-state index contributed by atoms with van der Waals surface area (Å²) >= 11 is 2.84. The van der Waals surface area contributed by atoms with Crippen molar-refractivity contribution >= 4 is 92.7 Å². The van der Waals surface area contributed by atoms with Crippen molar-refractivity contribution in [3.8, 4) is 134 Å². The van der Waals surface area contributed by atoms with Crippen LogP contribution in [0.4, 0.5) is 0 Å². The predicted molar refractivity (Wildman–Crippen MR) is 528 cm³/mol. The van der Waals surface area contributed by atoms with E-state index in [2.05, 4.69) is 140 Å². The molecule has 6 aromatic heterocycles. The van der Waals surface area contributed by atoms with E-state index in [0.29, 0.717) is 77.7 Å². The number of benzene rings is 14. The van der Waals surface area contributed by atoms with Crippen molar-refractivity contribution in [2.24, 2.45) is 0 Å². The molecule has 14 aromatic carbocycles. The highest BCUT2D eigenvalue weighted by atomic mass is 32.2. The van der Waals surface area contributed by atoms with Crippen molar-refractivity contribution in [3.05, 3.63) is 342 Å². The van der Waals surface area contributed by atoms with E-state index in [1.807, 2.05) is 179 Å². The zero-order valence-electron chi connectivity index (χ0n) is 87.0. The van der Waals surface area contributed by atoms with Gasteiger partial charge in [0, 0.05) is 87.3 Å². The van der Waals surface area contributed by atoms with E-state index >= 15 is 0 Å². The summed E-state index contributed by atoms with van der Waals surface area (Å²) in [6.45, 7) is 10.3. The molecule has 8 nitrogen and oxygen atoms in total. The molecule has 0 radical (unpaired) electrons. The molecule has 0 unspecified atom stereocenters. The normalized spacial score (nSPS) is 17.0. The fraction of sp³-hybridized carbons (Fsp3) is 0.165. The van der Waals surface area contributed by atoms with Crippen LogP contribution in [-0.4, -0.2) is 36.8 Å². The lowest BCUT2D eigenvalue weighted by molar-refractivity contribution is 0.296. The van der Waals surface area contributed by atoms with Crippen molar-refractivity contribution < 1.29 is 30.8 Å². The number of aryl methyl sites for hydroxylation is 6. The maximum atomic E-state index is 9.16. The van der Waals surface area contributed by atoms with Gasteiger partial charge in [0.2, 0.25) is 0 Å². The first-order chi connectivity index (χ1) is 67.3. The first-order valence-corrected chi connectivity index (χ1v) is 47.3. The molecule has 8 heterocycles. The molecule has 126 heavy (non-hydrogen) atoms. The van der Waals surface area contributed by atoms with Gasteiger partial charge in [-0.15, -0.1) is 0 Å². The molecule has 20 aromatic rings. The Hall–Kier alpha value is -13.2. The molecule has 0 amide bonds. The lowest BCUT2D eigenvalue weighted by Crippen LogP contribution is -2.57. The van der Waals surface area contributed by atoms with Crippen LogP contribution >= 0.6 is 23.5 Å². The number of aromatic nitrogens is 6. The second-order valence-electron chi connectivity index (χ2n) is 35.5. The van der Waals surface area contributed by atoms with Crippen LogP contribution in [0, 0.1) is 27.4 Å². The molecule has 0 saturated heterocycles. The Balaban J connectivity index is 0.000000158. The molecule has 0 bridgehead atoms. The quantitative estimate of drug-likeness (QED) is 0.152. The molecule has 2 aliphatic heterocycles. The number of pyridine rings is 2. The summed E-state index contributed by atoms with van der Waals surface area (Å²) in [5.74, 6) is 0.637. The minimum absolute atomic E-state index is 0.0245. The van der Waals surface area contributed by atoms with Gasteiger partial charge < -0.3 is 8.83 Å². The summed E-state index contributed by atoms with van der Waals surface area (Å²) in [5.41, 5.74) is 27.2. The highest BCUT2D eigenvalue weighted by molar-refractivity contribution is 8.00. The standard InChI is InChI=1S/C58H47N3OS.C57H47N3OSSi/c1-8-35-25-28-49-54(62-56-60-47-21-13-14-22-48(47)61(49)56)52(35)43-32-46-50(30-34(43)3)63-55-45(57(4,5)58(46,6)7)27-23-33(2)51(55)36-24-26-40-37-16-9-10-17-38(37)42-20-15-29-59-53(42)41-19-12-11-18-39(41)44(40)31-36;1-8-35-25-28-48-54(61-56-59-46-21-13-14-22-47(46)60(48)56)52(35)43-32-50-49(30-34(43)3)62-55-45(57(4,5)63(50,6)7)27-23-33(2)51(55)36-24-26-40-37-16-9-10-17-38(37)42-20-15-29-58-53(42)41-19-12-11-18-39(41)44(40)31-36/h2*9-32H,8H2,1-7H3/i2*2D3,3D3,8D2. The van der Waals surface area contributed by atoms with Gasteiger partial charge in [-0.1, -0.05) is 292 Å². The molecule has 0 fully saturated rings. The zero-order valence-corrected chi connectivity index (χ0v) is 73.7. The van der Waals surface area contributed by atoms with E-state index in [0.717, 1.165) is 159 Å². The van der Waals surface area contributed by atoms with Gasteiger partial charge in [-0.05, 0) is 279 Å². The van der Waals surface area contributed by atoms with Crippen LogP contribution in [-0.2, 0) is 28.6 Å². The van der Waals surface area contributed by atoms with Crippen molar-refractivity contribution in [2.45, 2.75) is 144 Å². The topological polar surface area (TPSA) is 86.7 Å². The van der Waals surface area contributed by atoms with Crippen LogP contribution in [0.25, 0.3) is 190 Å². The average molecular weight is 1700 g/mol. The van der Waals surface area contributed by atoms with E-state index in [4.69, 9.17) is 50.7 Å². The largest absolute Gasteiger partial charge is 0.422 e. The molecule has 11 heteroatoms. The minimum atomic E-state index is -2.81. The van der Waals surface area contributed by atoms with Gasteiger partial charge in [0.05, 0.1) is 52.6 Å². The Morgan fingerprint density at radius 2 is 0.746 bits per heavy atom. The Bertz CT molecular complexity index is 8280. The fourth-order valence-electron chi connectivity index (χ4n) is 20.4. The van der Waals surface area contributed by atoms with E-state index in [1.165, 1.54) is 37.4 Å². The smallest absolute Gasteiger partial charge is 0.307 e. The predicted octanol–water partition coefficient (Wildman–Crippen LogP) is 30.9. The summed E-state index contributed by atoms with van der Waals surface area (Å²) in [5, 5.41) is 0.425. The van der Waals surface area contributed by atoms with Gasteiger partial charge >= 0.3 is 11.7 Å². The number of hydrogen-bond donors (Lipinski definition) is 0. The molecule has 2 aliphatic carbocycles. The van der Waals surface area contributed by atoms with Gasteiger partial charge in [-0.25, -0.2) is 0 Å². The molecule has 24 rings (SSSR count). The van der Waals surface area contributed by atoms with E-state index < -0.39 is 64.1 Å². The number of para-hydroxylation sites is 4. The number of fused-ring (bicyclic) bond motifs is 30. The number of oxazole rings is 2. The molecule has 4 aliphatic rings. The lowest BCUT2D eigenvalue weighted by atomic mass is 9.60. The van der Waals surface area contributed by atoms with Crippen molar-refractivity contribution in [2.75, 3.05) is 0 Å². The van der Waals surface area contributed by atoms with Gasteiger partial charge in [0.1, 0.15) is 0 Å². The molecule has 0 N–H and O–H groups in total. The van der Waals surface area contributed by atoms with Crippen LogP contribution in [0.3, 0.4) is 0 Å². The lowest BCUT2D eigenvalue weighted by Gasteiger charge is -2.43. The number of rotatable bonds is 6. The summed E-state index contributed by atoms with van der Waals surface area (Å²) < 4.78 is 163. The first-order valence-electron chi connectivity index (χ1n) is 50.6. The summed E-state index contributed by atoms with van der Waals surface area (Å²) in [7, 11) is -2.81. The van der Waals surface area contributed by atoms with Crippen LogP contribution < -0.4 is 5.19 Å². The summed E-state index contributed by atoms with van der Waals surface area (Å²) in [4.78, 5) is 22.3. The van der Waals surface area contributed by atoms with Gasteiger partial charge in [-0.3, -0.25) is 18.8 Å². The molecule has 0 saturated carbocycles. The summed E-state index contributed by atoms with van der Waals surface area (Å²) in [6, 6.07) is 91.2. The molecular formula is C115H94N6O2S2Si. The SMILES string of the molecule is [2H]C([2H])([2H])c1cc2c(cc1-c1c(C([2H])([2H])C)ccc3c1oc1nc4ccccc4n13)C(C)(C)C(C)(C)c1ccc(C([2H])([2H])[2H])c(-c3ccc4c(c3)-c3ccccc3-c3ncccc3-c3ccccc3-4)c1S2.[2H]C([2H])([2H])c1cc2c(cc1-c1c(C([2H])([2H])C)ccc3c1oc1nc4ccccc4n13)[Si](C)(C)C(C)(C)c1ccc(C([2H])([2H])[2H])c(-c3ccc4c(c3)-c3ccccc3-c3ncccc3-c3ccccc3-4)c1S2. The highest BCUT2D eigenvalue weighted by Gasteiger charge is 2.49. The van der Waals surface area contributed by atoms with Crippen LogP contribution in [0.15, 0.2) is 320 Å². The molecule has 0 atom stereocenters. The fourth-order valence-corrected chi connectivity index (χ4v) is 27.1. The van der Waals surface area contributed by atoms with Gasteiger partial charge in [0.25, 0.3) is 0 Å². The molecule has 0 spiro atoms. The molecule has 612 valence electrons. The zero-order chi connectivity index (χ0) is 99.5. The van der Waals surface area contributed by atoms with Crippen molar-refractivity contribution in [1.82, 2.24) is 28.7 Å². The highest BCUT2D eigenvalue weighted by Crippen LogP contribution is 2.60. The molecular weight excluding hydrogens is 1590 g/mol. The third kappa shape index (κ3) is 11.4. The van der Waals surface area contributed by atoms with Crippen molar-refractivity contribution in [1.29, 1.82) is 0 Å². The van der Waals surface area contributed by atoms with Crippen molar-refractivity contribution in [3.63, 3.8) is 0 Å². The van der Waals surface area contributed by atoms with E-state index in [1.54, 1.807) is 36.4 Å². The Kier molecular flexibility index (Phi) is 14.1. The number of imidazole rings is 2. The Morgan fingerprint density at radius 3 is 1.23 bits per heavy atom. The summed E-state index contributed by atoms with van der Waals surface area (Å²) in [6.07, 6.45) is -0.170. The maximum Gasteiger partial charge on any atom is 0.307 e.